The van der Waals surface area contributed by atoms with Gasteiger partial charge in [0.25, 0.3) is 0 Å². The van der Waals surface area contributed by atoms with E-state index in [9.17, 15) is 5.11 Å². The van der Waals surface area contributed by atoms with Crippen molar-refractivity contribution in [2.24, 2.45) is 5.92 Å². The highest BCUT2D eigenvalue weighted by Gasteiger charge is 2.32. The van der Waals surface area contributed by atoms with Crippen LogP contribution in [0.1, 0.15) is 44.7 Å². The zero-order valence-corrected chi connectivity index (χ0v) is 11.9. The van der Waals surface area contributed by atoms with Crippen LogP contribution in [0.4, 0.5) is 11.5 Å². The van der Waals surface area contributed by atoms with E-state index in [4.69, 9.17) is 5.73 Å². The molecule has 106 valence electrons. The monoisotopic (exact) mass is 263 g/mol. The standard InChI is InChI=1S/C15H25N3O/c1-3-12-6-8-15(19,9-7-12)10-17-14-5-4-13(16)11(2)18-14/h4-5,12,19H,3,6-10,16H2,1-2H3,(H,17,18). The molecule has 1 heterocycles. The van der Waals surface area contributed by atoms with Crippen LogP contribution in [-0.4, -0.2) is 22.2 Å². The van der Waals surface area contributed by atoms with Gasteiger partial charge < -0.3 is 16.2 Å². The van der Waals surface area contributed by atoms with Crippen molar-refractivity contribution in [1.82, 2.24) is 4.98 Å². The Morgan fingerprint density at radius 3 is 2.68 bits per heavy atom. The summed E-state index contributed by atoms with van der Waals surface area (Å²) >= 11 is 0. The van der Waals surface area contributed by atoms with Gasteiger partial charge >= 0.3 is 0 Å². The molecule has 0 bridgehead atoms. The van der Waals surface area contributed by atoms with Gasteiger partial charge in [-0.3, -0.25) is 0 Å². The molecule has 4 heteroatoms. The van der Waals surface area contributed by atoms with E-state index in [0.29, 0.717) is 12.2 Å². The van der Waals surface area contributed by atoms with Crippen molar-refractivity contribution in [3.8, 4) is 0 Å². The molecular weight excluding hydrogens is 238 g/mol. The number of nitrogens with two attached hydrogens (primary N) is 1. The second kappa shape index (κ2) is 5.78. The highest BCUT2D eigenvalue weighted by atomic mass is 16.3. The molecular formula is C15H25N3O. The number of anilines is 2. The summed E-state index contributed by atoms with van der Waals surface area (Å²) in [6, 6.07) is 3.71. The predicted octanol–water partition coefficient (Wildman–Crippen LogP) is 2.72. The average Bonchev–Trinajstić information content (AvgIpc) is 2.41. The van der Waals surface area contributed by atoms with Crippen molar-refractivity contribution in [3.05, 3.63) is 17.8 Å². The Balaban J connectivity index is 1.89. The third kappa shape index (κ3) is 3.60. The summed E-state index contributed by atoms with van der Waals surface area (Å²) in [6.45, 7) is 4.69. The third-order valence-electron chi connectivity index (χ3n) is 4.34. The summed E-state index contributed by atoms with van der Waals surface area (Å²) in [5, 5.41) is 13.8. The lowest BCUT2D eigenvalue weighted by atomic mass is 9.78. The first-order valence-corrected chi connectivity index (χ1v) is 7.22. The van der Waals surface area contributed by atoms with E-state index < -0.39 is 5.60 Å². The molecule has 0 unspecified atom stereocenters. The maximum atomic E-state index is 10.6. The van der Waals surface area contributed by atoms with Gasteiger partial charge in [-0.25, -0.2) is 4.98 Å². The molecule has 0 amide bonds. The number of nitrogens with zero attached hydrogens (tertiary/aromatic N) is 1. The molecule has 0 aliphatic heterocycles. The molecule has 1 fully saturated rings. The summed E-state index contributed by atoms with van der Waals surface area (Å²) in [7, 11) is 0. The Bertz CT molecular complexity index is 425. The van der Waals surface area contributed by atoms with Crippen LogP contribution >= 0.6 is 0 Å². The average molecular weight is 263 g/mol. The number of hydrogen-bond acceptors (Lipinski definition) is 4. The minimum absolute atomic E-state index is 0.569. The number of aromatic nitrogens is 1. The summed E-state index contributed by atoms with van der Waals surface area (Å²) in [5.74, 6) is 1.58. The van der Waals surface area contributed by atoms with Gasteiger partial charge in [-0.2, -0.15) is 0 Å². The van der Waals surface area contributed by atoms with Crippen molar-refractivity contribution < 1.29 is 5.11 Å². The smallest absolute Gasteiger partial charge is 0.126 e. The van der Waals surface area contributed by atoms with Crippen LogP contribution in [0.2, 0.25) is 0 Å². The maximum absolute atomic E-state index is 10.6. The molecule has 0 aromatic carbocycles. The fraction of sp³-hybridized carbons (Fsp3) is 0.667. The van der Waals surface area contributed by atoms with Gasteiger partial charge in [0.05, 0.1) is 17.0 Å². The zero-order chi connectivity index (χ0) is 13.9. The molecule has 0 radical (unpaired) electrons. The number of nitrogen functional groups attached to an aromatic ring is 1. The quantitative estimate of drug-likeness (QED) is 0.781. The number of pyridine rings is 1. The Hall–Kier alpha value is -1.29. The normalized spacial score (nSPS) is 27.2. The van der Waals surface area contributed by atoms with Crippen LogP contribution in [0.3, 0.4) is 0 Å². The van der Waals surface area contributed by atoms with Crippen LogP contribution < -0.4 is 11.1 Å². The van der Waals surface area contributed by atoms with E-state index in [-0.39, 0.29) is 0 Å². The Kier molecular flexibility index (Phi) is 4.30. The molecule has 2 rings (SSSR count). The highest BCUT2D eigenvalue weighted by Crippen LogP contribution is 2.33. The Morgan fingerprint density at radius 2 is 2.11 bits per heavy atom. The van der Waals surface area contributed by atoms with Crippen LogP contribution in [0, 0.1) is 12.8 Å². The van der Waals surface area contributed by atoms with Crippen LogP contribution in [-0.2, 0) is 0 Å². The number of rotatable bonds is 4. The number of aryl methyl sites for hydroxylation is 1. The minimum atomic E-state index is -0.581. The number of hydrogen-bond donors (Lipinski definition) is 3. The molecule has 1 aliphatic rings. The fourth-order valence-electron chi connectivity index (χ4n) is 2.73. The fourth-order valence-corrected chi connectivity index (χ4v) is 2.73. The van der Waals surface area contributed by atoms with E-state index in [2.05, 4.69) is 17.2 Å². The summed E-state index contributed by atoms with van der Waals surface area (Å²) in [4.78, 5) is 4.37. The molecule has 0 atom stereocenters. The number of nitrogens with one attached hydrogen (secondary N) is 1. The third-order valence-corrected chi connectivity index (χ3v) is 4.34. The second-order valence-electron chi connectivity index (χ2n) is 5.80. The van der Waals surface area contributed by atoms with Crippen LogP contribution in [0.25, 0.3) is 0 Å². The van der Waals surface area contributed by atoms with Crippen molar-refractivity contribution in [1.29, 1.82) is 0 Å². The van der Waals surface area contributed by atoms with Gasteiger partial charge in [0, 0.05) is 6.54 Å². The van der Waals surface area contributed by atoms with E-state index in [1.54, 1.807) is 0 Å². The first-order valence-electron chi connectivity index (χ1n) is 7.22. The molecule has 4 nitrogen and oxygen atoms in total. The molecule has 1 aromatic heterocycles. The maximum Gasteiger partial charge on any atom is 0.126 e. The molecule has 0 spiro atoms. The molecule has 0 saturated heterocycles. The molecule has 1 saturated carbocycles. The first-order chi connectivity index (χ1) is 9.02. The van der Waals surface area contributed by atoms with Crippen molar-refractivity contribution in [2.75, 3.05) is 17.6 Å². The first kappa shape index (κ1) is 14.1. The van der Waals surface area contributed by atoms with E-state index in [1.165, 1.54) is 6.42 Å². The van der Waals surface area contributed by atoms with E-state index >= 15 is 0 Å². The Morgan fingerprint density at radius 1 is 1.42 bits per heavy atom. The van der Waals surface area contributed by atoms with Gasteiger partial charge in [0.2, 0.25) is 0 Å². The molecule has 4 N–H and O–H groups in total. The van der Waals surface area contributed by atoms with Crippen molar-refractivity contribution >= 4 is 11.5 Å². The summed E-state index contributed by atoms with van der Waals surface area (Å²) in [6.07, 6.45) is 5.24. The van der Waals surface area contributed by atoms with Crippen LogP contribution in [0.5, 0.6) is 0 Å². The summed E-state index contributed by atoms with van der Waals surface area (Å²) < 4.78 is 0. The molecule has 19 heavy (non-hydrogen) atoms. The van der Waals surface area contributed by atoms with Gasteiger partial charge in [0.15, 0.2) is 0 Å². The zero-order valence-electron chi connectivity index (χ0n) is 11.9. The van der Waals surface area contributed by atoms with Gasteiger partial charge in [-0.15, -0.1) is 0 Å². The van der Waals surface area contributed by atoms with Crippen LogP contribution in [0.15, 0.2) is 12.1 Å². The lowest BCUT2D eigenvalue weighted by molar-refractivity contribution is 0.00223. The van der Waals surface area contributed by atoms with Crippen molar-refractivity contribution in [3.63, 3.8) is 0 Å². The van der Waals surface area contributed by atoms with Gasteiger partial charge in [-0.05, 0) is 50.7 Å². The van der Waals surface area contributed by atoms with E-state index in [0.717, 1.165) is 43.1 Å². The number of aliphatic hydroxyl groups is 1. The lowest BCUT2D eigenvalue weighted by Crippen LogP contribution is -2.40. The van der Waals surface area contributed by atoms with E-state index in [1.807, 2.05) is 19.1 Å². The van der Waals surface area contributed by atoms with Gasteiger partial charge in [0.1, 0.15) is 5.82 Å². The minimum Gasteiger partial charge on any atom is -0.397 e. The SMILES string of the molecule is CCC1CCC(O)(CNc2ccc(N)c(C)n2)CC1. The van der Waals surface area contributed by atoms with Crippen molar-refractivity contribution in [2.45, 2.75) is 51.6 Å². The Labute approximate surface area is 115 Å². The largest absolute Gasteiger partial charge is 0.397 e. The predicted molar refractivity (Wildman–Crippen MR) is 79.1 cm³/mol. The second-order valence-corrected chi connectivity index (χ2v) is 5.80. The summed E-state index contributed by atoms with van der Waals surface area (Å²) in [5.41, 5.74) is 6.69. The van der Waals surface area contributed by atoms with Gasteiger partial charge in [-0.1, -0.05) is 13.3 Å². The highest BCUT2D eigenvalue weighted by molar-refractivity contribution is 5.49. The lowest BCUT2D eigenvalue weighted by Gasteiger charge is -2.36. The molecule has 1 aliphatic carbocycles. The topological polar surface area (TPSA) is 71.2 Å². The molecule has 1 aromatic rings.